The third-order valence-corrected chi connectivity index (χ3v) is 4.43. The van der Waals surface area contributed by atoms with Gasteiger partial charge in [-0.3, -0.25) is 0 Å². The highest BCUT2D eigenvalue weighted by atomic mass is 16.5. The first kappa shape index (κ1) is 16.4. The number of amidine groups is 1. The lowest BCUT2D eigenvalue weighted by Gasteiger charge is -2.36. The lowest BCUT2D eigenvalue weighted by molar-refractivity contribution is 0.242. The van der Waals surface area contributed by atoms with Gasteiger partial charge in [0, 0.05) is 38.6 Å². The van der Waals surface area contributed by atoms with Gasteiger partial charge in [0.15, 0.2) is 5.84 Å². The van der Waals surface area contributed by atoms with Crippen molar-refractivity contribution in [3.8, 4) is 5.88 Å². The summed E-state index contributed by atoms with van der Waals surface area (Å²) < 4.78 is 5.09. The number of hydrogen-bond acceptors (Lipinski definition) is 6. The third-order valence-electron chi connectivity index (χ3n) is 4.43. The minimum absolute atomic E-state index is 0.0132. The maximum atomic E-state index is 5.09. The molecule has 0 N–H and O–H groups in total. The van der Waals surface area contributed by atoms with Crippen LogP contribution in [0.15, 0.2) is 41.3 Å². The van der Waals surface area contributed by atoms with Gasteiger partial charge in [-0.15, -0.1) is 0 Å². The molecular formula is C18H25N5O. The minimum Gasteiger partial charge on any atom is -0.481 e. The van der Waals surface area contributed by atoms with E-state index in [4.69, 9.17) is 9.73 Å². The molecule has 0 fully saturated rings. The van der Waals surface area contributed by atoms with E-state index in [9.17, 15) is 0 Å². The maximum Gasteiger partial charge on any atom is 0.212 e. The van der Waals surface area contributed by atoms with Gasteiger partial charge in [0.2, 0.25) is 5.88 Å². The second kappa shape index (κ2) is 6.95. The van der Waals surface area contributed by atoms with Crippen molar-refractivity contribution in [2.45, 2.75) is 20.0 Å². The van der Waals surface area contributed by atoms with Crippen LogP contribution in [-0.2, 0) is 0 Å². The van der Waals surface area contributed by atoms with Crippen molar-refractivity contribution in [1.29, 1.82) is 0 Å². The molecule has 3 rings (SSSR count). The molecule has 0 aliphatic carbocycles. The zero-order valence-corrected chi connectivity index (χ0v) is 14.8. The number of nitrogens with zero attached hydrogens (tertiary/aromatic N) is 5. The average molecular weight is 327 g/mol. The van der Waals surface area contributed by atoms with E-state index in [1.807, 2.05) is 12.1 Å². The van der Waals surface area contributed by atoms with Crippen molar-refractivity contribution in [3.05, 3.63) is 41.9 Å². The van der Waals surface area contributed by atoms with Crippen LogP contribution in [0.5, 0.6) is 5.88 Å². The SMILES string of the molecule is CCN1C=C2C(=NC(/C=C/c3ccc(OC)nc3)N2C)N(CC)C1. The van der Waals surface area contributed by atoms with Crippen molar-refractivity contribution in [2.75, 3.05) is 33.9 Å². The van der Waals surface area contributed by atoms with Crippen molar-refractivity contribution < 1.29 is 4.74 Å². The normalized spacial score (nSPS) is 20.3. The summed E-state index contributed by atoms with van der Waals surface area (Å²) in [5.74, 6) is 1.71. The van der Waals surface area contributed by atoms with E-state index >= 15 is 0 Å². The monoisotopic (exact) mass is 327 g/mol. The number of aliphatic imine (C=N–C) groups is 1. The number of ether oxygens (including phenoxy) is 1. The first-order valence-corrected chi connectivity index (χ1v) is 8.36. The Morgan fingerprint density at radius 1 is 1.29 bits per heavy atom. The summed E-state index contributed by atoms with van der Waals surface area (Å²) in [5.41, 5.74) is 2.23. The van der Waals surface area contributed by atoms with Crippen molar-refractivity contribution in [2.24, 2.45) is 4.99 Å². The summed E-state index contributed by atoms with van der Waals surface area (Å²) in [6, 6.07) is 3.86. The fraction of sp³-hybridized carbons (Fsp3) is 0.444. The molecule has 24 heavy (non-hydrogen) atoms. The van der Waals surface area contributed by atoms with E-state index in [0.29, 0.717) is 5.88 Å². The van der Waals surface area contributed by atoms with Crippen LogP contribution in [0.25, 0.3) is 6.08 Å². The van der Waals surface area contributed by atoms with Gasteiger partial charge in [-0.1, -0.05) is 6.08 Å². The molecule has 0 aromatic carbocycles. The second-order valence-electron chi connectivity index (χ2n) is 5.89. The highest BCUT2D eigenvalue weighted by Crippen LogP contribution is 2.26. The minimum atomic E-state index is 0.0132. The molecule has 0 radical (unpaired) electrons. The van der Waals surface area contributed by atoms with Gasteiger partial charge in [-0.05, 0) is 31.6 Å². The number of methoxy groups -OCH3 is 1. The van der Waals surface area contributed by atoms with Gasteiger partial charge in [-0.25, -0.2) is 9.98 Å². The van der Waals surface area contributed by atoms with Gasteiger partial charge in [0.25, 0.3) is 0 Å². The zero-order valence-electron chi connectivity index (χ0n) is 14.8. The van der Waals surface area contributed by atoms with Crippen LogP contribution >= 0.6 is 0 Å². The Bertz CT molecular complexity index is 664. The van der Waals surface area contributed by atoms with Crippen LogP contribution in [0.2, 0.25) is 0 Å². The lowest BCUT2D eigenvalue weighted by atomic mass is 10.2. The molecule has 1 atom stereocenters. The van der Waals surface area contributed by atoms with E-state index in [2.05, 4.69) is 58.9 Å². The van der Waals surface area contributed by atoms with E-state index in [1.165, 1.54) is 5.70 Å². The Labute approximate surface area is 143 Å². The molecule has 0 saturated heterocycles. The molecule has 0 amide bonds. The largest absolute Gasteiger partial charge is 0.481 e. The van der Waals surface area contributed by atoms with Crippen LogP contribution in [0, 0.1) is 0 Å². The fourth-order valence-electron chi connectivity index (χ4n) is 2.89. The van der Waals surface area contributed by atoms with Crippen molar-refractivity contribution >= 4 is 11.9 Å². The highest BCUT2D eigenvalue weighted by Gasteiger charge is 2.33. The molecule has 6 nitrogen and oxygen atoms in total. The number of rotatable bonds is 5. The lowest BCUT2D eigenvalue weighted by Crippen LogP contribution is -2.45. The van der Waals surface area contributed by atoms with E-state index in [0.717, 1.165) is 31.2 Å². The molecule has 3 heterocycles. The Balaban J connectivity index is 1.80. The van der Waals surface area contributed by atoms with E-state index < -0.39 is 0 Å². The first-order chi connectivity index (χ1) is 11.7. The molecular weight excluding hydrogens is 302 g/mol. The Morgan fingerprint density at radius 3 is 2.75 bits per heavy atom. The molecule has 0 spiro atoms. The quantitative estimate of drug-likeness (QED) is 0.830. The van der Waals surface area contributed by atoms with Crippen molar-refractivity contribution in [3.63, 3.8) is 0 Å². The molecule has 1 aromatic rings. The summed E-state index contributed by atoms with van der Waals surface area (Å²) in [6.07, 6.45) is 8.21. The molecule has 0 bridgehead atoms. The number of pyridine rings is 1. The number of fused-ring (bicyclic) bond motifs is 1. The van der Waals surface area contributed by atoms with Crippen LogP contribution < -0.4 is 4.74 Å². The van der Waals surface area contributed by atoms with Crippen LogP contribution in [-0.4, -0.2) is 65.6 Å². The van der Waals surface area contributed by atoms with Crippen LogP contribution in [0.3, 0.4) is 0 Å². The standard InChI is InChI=1S/C18H25N5O/c1-5-22-12-15-18(23(6-2)13-22)20-16(21(15)3)9-7-14-8-10-17(24-4)19-11-14/h7-12,16H,5-6,13H2,1-4H3/b9-7+. The summed E-state index contributed by atoms with van der Waals surface area (Å²) >= 11 is 0. The predicted octanol–water partition coefficient (Wildman–Crippen LogP) is 2.23. The van der Waals surface area contributed by atoms with Gasteiger partial charge in [0.05, 0.1) is 19.5 Å². The molecule has 2 aliphatic heterocycles. The zero-order chi connectivity index (χ0) is 17.1. The van der Waals surface area contributed by atoms with E-state index in [1.54, 1.807) is 13.3 Å². The molecule has 2 aliphatic rings. The smallest absolute Gasteiger partial charge is 0.212 e. The predicted molar refractivity (Wildman–Crippen MR) is 96.5 cm³/mol. The topological polar surface area (TPSA) is 44.2 Å². The number of likely N-dealkylation sites (N-methyl/N-ethyl adjacent to an activating group) is 2. The third kappa shape index (κ3) is 3.09. The first-order valence-electron chi connectivity index (χ1n) is 8.36. The molecule has 1 unspecified atom stereocenters. The summed E-state index contributed by atoms with van der Waals surface area (Å²) in [5, 5.41) is 0. The van der Waals surface area contributed by atoms with Gasteiger partial charge in [-0.2, -0.15) is 0 Å². The van der Waals surface area contributed by atoms with E-state index in [-0.39, 0.29) is 6.17 Å². The van der Waals surface area contributed by atoms with Crippen LogP contribution in [0.4, 0.5) is 0 Å². The second-order valence-corrected chi connectivity index (χ2v) is 5.89. The van der Waals surface area contributed by atoms with Gasteiger partial charge < -0.3 is 19.4 Å². The Hall–Kier alpha value is -2.50. The molecule has 128 valence electrons. The Morgan fingerprint density at radius 2 is 2.12 bits per heavy atom. The molecule has 1 aromatic heterocycles. The summed E-state index contributed by atoms with van der Waals surface area (Å²) in [4.78, 5) is 16.0. The molecule has 0 saturated carbocycles. The van der Waals surface area contributed by atoms with Gasteiger partial charge in [0.1, 0.15) is 6.17 Å². The fourth-order valence-corrected chi connectivity index (χ4v) is 2.89. The maximum absolute atomic E-state index is 5.09. The van der Waals surface area contributed by atoms with Crippen molar-refractivity contribution in [1.82, 2.24) is 19.7 Å². The summed E-state index contributed by atoms with van der Waals surface area (Å²) in [7, 11) is 3.71. The number of aromatic nitrogens is 1. The Kier molecular flexibility index (Phi) is 4.74. The number of hydrogen-bond donors (Lipinski definition) is 0. The highest BCUT2D eigenvalue weighted by molar-refractivity contribution is 6.00. The van der Waals surface area contributed by atoms with Gasteiger partial charge >= 0.3 is 0 Å². The van der Waals surface area contributed by atoms with Crippen LogP contribution in [0.1, 0.15) is 19.4 Å². The molecule has 6 heteroatoms. The average Bonchev–Trinajstić information content (AvgIpc) is 2.95. The summed E-state index contributed by atoms with van der Waals surface area (Å²) in [6.45, 7) is 7.21.